The molecule has 3 saturated heterocycles. The van der Waals surface area contributed by atoms with E-state index in [9.17, 15) is 4.79 Å². The summed E-state index contributed by atoms with van der Waals surface area (Å²) in [6.45, 7) is 3.26. The van der Waals surface area contributed by atoms with Gasteiger partial charge in [0, 0.05) is 29.9 Å². The second-order valence-electron chi connectivity index (χ2n) is 9.37. The van der Waals surface area contributed by atoms with Gasteiger partial charge < -0.3 is 9.22 Å². The summed E-state index contributed by atoms with van der Waals surface area (Å²) >= 11 is 1.92. The van der Waals surface area contributed by atoms with Crippen molar-refractivity contribution in [2.24, 2.45) is 10.9 Å². The van der Waals surface area contributed by atoms with Crippen molar-refractivity contribution >= 4 is 29.6 Å². The van der Waals surface area contributed by atoms with Crippen LogP contribution in [0.1, 0.15) is 24.3 Å². The zero-order valence-electron chi connectivity index (χ0n) is 19.3. The highest BCUT2D eigenvalue weighted by Crippen LogP contribution is 2.38. The molecule has 3 aliphatic rings. The fourth-order valence-corrected chi connectivity index (χ4v) is 6.24. The number of hydrogen-bond donors (Lipinski definition) is 0. The molecule has 2 bridgehead atoms. The number of thioether (sulfide) groups is 1. The summed E-state index contributed by atoms with van der Waals surface area (Å²) < 4.78 is 7.28. The van der Waals surface area contributed by atoms with E-state index >= 15 is 0 Å². The SMILES string of the molecule is O=C(O[C@H]1C[N+]2(CSc3ccccc3)CCC1CC2)C(C=Nc1ccccc1)c1ccccc1. The van der Waals surface area contributed by atoms with Gasteiger partial charge in [0.25, 0.3) is 0 Å². The number of aliphatic imine (C=N–C) groups is 1. The fraction of sp³-hybridized carbons (Fsp3) is 0.310. The standard InChI is InChI=1S/C29H31N2O2S/c32-29(27(23-10-4-1-5-11-23)20-30-25-12-6-2-7-13-25)33-28-21-31(18-16-24(28)17-19-31)22-34-26-14-8-3-9-15-26/h1-15,20,24,27-28H,16-19,21-22H2/q+1/t24?,27?,28-,31?/m0/s1. The highest BCUT2D eigenvalue weighted by molar-refractivity contribution is 7.99. The van der Waals surface area contributed by atoms with E-state index in [1.807, 2.05) is 72.4 Å². The largest absolute Gasteiger partial charge is 0.455 e. The zero-order valence-corrected chi connectivity index (χ0v) is 20.1. The monoisotopic (exact) mass is 471 g/mol. The Kier molecular flexibility index (Phi) is 7.12. The number of quaternary nitrogens is 1. The molecular weight excluding hydrogens is 440 g/mol. The average Bonchev–Trinajstić information content (AvgIpc) is 2.90. The average molecular weight is 472 g/mol. The number of ether oxygens (including phenoxy) is 1. The maximum Gasteiger partial charge on any atom is 0.319 e. The summed E-state index contributed by atoms with van der Waals surface area (Å²) in [6.07, 6.45) is 3.97. The van der Waals surface area contributed by atoms with Crippen molar-refractivity contribution in [2.75, 3.05) is 25.5 Å². The van der Waals surface area contributed by atoms with Crippen LogP contribution in [0.3, 0.4) is 0 Å². The first-order chi connectivity index (χ1) is 16.7. The number of hydrogen-bond acceptors (Lipinski definition) is 4. The Hall–Kier alpha value is -2.89. The van der Waals surface area contributed by atoms with E-state index in [-0.39, 0.29) is 12.1 Å². The van der Waals surface area contributed by atoms with Crippen LogP contribution in [-0.4, -0.2) is 48.3 Å². The smallest absolute Gasteiger partial charge is 0.319 e. The Bertz CT molecular complexity index is 1100. The van der Waals surface area contributed by atoms with Gasteiger partial charge in [-0.1, -0.05) is 78.5 Å². The van der Waals surface area contributed by atoms with Crippen LogP contribution >= 0.6 is 11.8 Å². The quantitative estimate of drug-likeness (QED) is 0.173. The number of fused-ring (bicyclic) bond motifs is 3. The van der Waals surface area contributed by atoms with Crippen LogP contribution in [0.2, 0.25) is 0 Å². The van der Waals surface area contributed by atoms with Crippen LogP contribution < -0.4 is 0 Å². The predicted molar refractivity (Wildman–Crippen MR) is 138 cm³/mol. The predicted octanol–water partition coefficient (Wildman–Crippen LogP) is 6.07. The van der Waals surface area contributed by atoms with Crippen molar-refractivity contribution in [1.82, 2.24) is 0 Å². The molecule has 3 aromatic carbocycles. The molecule has 0 radical (unpaired) electrons. The molecule has 4 nitrogen and oxygen atoms in total. The van der Waals surface area contributed by atoms with Gasteiger partial charge in [-0.2, -0.15) is 0 Å². The van der Waals surface area contributed by atoms with Crippen LogP contribution in [0.25, 0.3) is 0 Å². The van der Waals surface area contributed by atoms with E-state index in [1.54, 1.807) is 6.21 Å². The van der Waals surface area contributed by atoms with Crippen molar-refractivity contribution in [3.63, 3.8) is 0 Å². The summed E-state index contributed by atoms with van der Waals surface area (Å²) in [5.41, 5.74) is 1.75. The van der Waals surface area contributed by atoms with E-state index in [2.05, 4.69) is 35.3 Å². The lowest BCUT2D eigenvalue weighted by Crippen LogP contribution is -2.64. The molecule has 0 amide bonds. The number of nitrogens with zero attached hydrogens (tertiary/aromatic N) is 2. The topological polar surface area (TPSA) is 38.7 Å². The first-order valence-corrected chi connectivity index (χ1v) is 13.1. The number of piperidine rings is 3. The summed E-state index contributed by atoms with van der Waals surface area (Å²) in [5, 5.41) is 0. The van der Waals surface area contributed by atoms with Crippen molar-refractivity contribution < 1.29 is 14.0 Å². The highest BCUT2D eigenvalue weighted by Gasteiger charge is 2.48. The van der Waals surface area contributed by atoms with E-state index in [0.717, 1.165) is 41.0 Å². The summed E-state index contributed by atoms with van der Waals surface area (Å²) in [4.78, 5) is 19.4. The number of benzene rings is 3. The molecule has 0 aromatic heterocycles. The molecule has 2 atom stereocenters. The Morgan fingerprint density at radius 1 is 0.941 bits per heavy atom. The van der Waals surface area contributed by atoms with Crippen molar-refractivity contribution in [3.8, 4) is 0 Å². The minimum Gasteiger partial charge on any atom is -0.455 e. The molecule has 5 heteroatoms. The number of esters is 1. The lowest BCUT2D eigenvalue weighted by molar-refractivity contribution is -0.934. The third kappa shape index (κ3) is 5.43. The number of para-hydroxylation sites is 1. The van der Waals surface area contributed by atoms with Crippen molar-refractivity contribution in [1.29, 1.82) is 0 Å². The minimum atomic E-state index is -0.510. The molecule has 34 heavy (non-hydrogen) atoms. The number of carbonyl (C=O) groups excluding carboxylic acids is 1. The van der Waals surface area contributed by atoms with Gasteiger partial charge in [-0.05, 0) is 29.8 Å². The van der Waals surface area contributed by atoms with Crippen molar-refractivity contribution in [3.05, 3.63) is 96.6 Å². The molecule has 3 heterocycles. The second kappa shape index (κ2) is 10.6. The Balaban J connectivity index is 1.29. The number of carbonyl (C=O) groups is 1. The van der Waals surface area contributed by atoms with Crippen LogP contribution in [0.4, 0.5) is 5.69 Å². The van der Waals surface area contributed by atoms with Gasteiger partial charge >= 0.3 is 5.97 Å². The number of rotatable bonds is 8. The molecule has 0 N–H and O–H groups in total. The van der Waals surface area contributed by atoms with Gasteiger partial charge in [0.2, 0.25) is 0 Å². The van der Waals surface area contributed by atoms with Gasteiger partial charge in [0.15, 0.2) is 6.10 Å². The van der Waals surface area contributed by atoms with E-state index in [1.165, 1.54) is 18.0 Å². The molecule has 1 unspecified atom stereocenters. The molecular formula is C29H31N2O2S+. The first-order valence-electron chi connectivity index (χ1n) is 12.1. The summed E-state index contributed by atoms with van der Waals surface area (Å²) in [5.74, 6) is 0.790. The Labute approximate surface area is 206 Å². The lowest BCUT2D eigenvalue weighted by atomic mass is 9.83. The molecule has 0 spiro atoms. The molecule has 0 saturated carbocycles. The maximum absolute atomic E-state index is 13.5. The van der Waals surface area contributed by atoms with Crippen LogP contribution in [0.15, 0.2) is 101 Å². The molecule has 174 valence electrons. The van der Waals surface area contributed by atoms with E-state index < -0.39 is 5.92 Å². The van der Waals surface area contributed by atoms with E-state index in [4.69, 9.17) is 4.74 Å². The summed E-state index contributed by atoms with van der Waals surface area (Å²) in [7, 11) is 0. The normalized spacial score (nSPS) is 24.7. The first kappa shape index (κ1) is 22.9. The Morgan fingerprint density at radius 2 is 1.56 bits per heavy atom. The van der Waals surface area contributed by atoms with Crippen LogP contribution in [-0.2, 0) is 9.53 Å². The van der Waals surface area contributed by atoms with Gasteiger partial charge in [-0.25, -0.2) is 0 Å². The van der Waals surface area contributed by atoms with Crippen LogP contribution in [0.5, 0.6) is 0 Å². The molecule has 3 aromatic rings. The summed E-state index contributed by atoms with van der Waals surface area (Å²) in [6, 6.07) is 30.2. The van der Waals surface area contributed by atoms with Gasteiger partial charge in [-0.3, -0.25) is 9.79 Å². The lowest BCUT2D eigenvalue weighted by Gasteiger charge is -2.51. The van der Waals surface area contributed by atoms with Gasteiger partial charge in [0.05, 0.1) is 18.8 Å². The van der Waals surface area contributed by atoms with Gasteiger partial charge in [0.1, 0.15) is 18.3 Å². The van der Waals surface area contributed by atoms with E-state index in [0.29, 0.717) is 5.92 Å². The molecule has 0 aliphatic carbocycles. The fourth-order valence-electron chi connectivity index (χ4n) is 5.10. The second-order valence-corrected chi connectivity index (χ2v) is 10.4. The molecule has 3 aliphatic heterocycles. The van der Waals surface area contributed by atoms with Crippen molar-refractivity contribution in [2.45, 2.75) is 29.8 Å². The van der Waals surface area contributed by atoms with Gasteiger partial charge in [-0.15, -0.1) is 0 Å². The maximum atomic E-state index is 13.5. The minimum absolute atomic E-state index is 0.0253. The molecule has 3 fully saturated rings. The third-order valence-corrected chi connectivity index (χ3v) is 8.38. The highest BCUT2D eigenvalue weighted by atomic mass is 32.2. The zero-order chi connectivity index (χ0) is 23.2. The molecule has 6 rings (SSSR count). The van der Waals surface area contributed by atoms with Crippen LogP contribution in [0, 0.1) is 5.92 Å². The Morgan fingerprint density at radius 3 is 2.24 bits per heavy atom. The third-order valence-electron chi connectivity index (χ3n) is 7.10.